The minimum Gasteiger partial charge on any atom is -0.359 e. The van der Waals surface area contributed by atoms with Gasteiger partial charge in [0.2, 0.25) is 0 Å². The molecular weight excluding hydrogens is 196 g/mol. The molecule has 16 heavy (non-hydrogen) atoms. The van der Waals surface area contributed by atoms with Crippen LogP contribution in [0.3, 0.4) is 0 Å². The molecule has 0 atom stereocenters. The van der Waals surface area contributed by atoms with E-state index in [1.165, 1.54) is 5.57 Å². The lowest BCUT2D eigenvalue weighted by atomic mass is 10.2. The van der Waals surface area contributed by atoms with Crippen molar-refractivity contribution in [3.05, 3.63) is 54.3 Å². The van der Waals surface area contributed by atoms with Gasteiger partial charge in [0.15, 0.2) is 0 Å². The fraction of sp³-hybridized carbons (Fsp3) is 0.214. The van der Waals surface area contributed by atoms with Crippen molar-refractivity contribution in [2.24, 2.45) is 4.99 Å². The Morgan fingerprint density at radius 3 is 2.75 bits per heavy atom. The summed E-state index contributed by atoms with van der Waals surface area (Å²) >= 11 is 0. The number of nitrogens with one attached hydrogen (secondary N) is 1. The second kappa shape index (κ2) is 4.79. The van der Waals surface area contributed by atoms with Gasteiger partial charge in [-0.15, -0.1) is 0 Å². The maximum Gasteiger partial charge on any atom is 0.0604 e. The van der Waals surface area contributed by atoms with Crippen LogP contribution in [-0.4, -0.2) is 12.3 Å². The Balaban J connectivity index is 1.90. The maximum absolute atomic E-state index is 4.42. The third-order valence-corrected chi connectivity index (χ3v) is 2.43. The van der Waals surface area contributed by atoms with E-state index in [4.69, 9.17) is 0 Å². The minimum atomic E-state index is 0.798. The van der Waals surface area contributed by atoms with Gasteiger partial charge in [-0.1, -0.05) is 30.4 Å². The van der Waals surface area contributed by atoms with Crippen LogP contribution in [0.1, 0.15) is 13.3 Å². The summed E-state index contributed by atoms with van der Waals surface area (Å²) in [5.74, 6) is 0. The molecule has 1 aliphatic heterocycles. The minimum absolute atomic E-state index is 0.798. The van der Waals surface area contributed by atoms with Crippen molar-refractivity contribution in [3.8, 4) is 0 Å². The number of rotatable bonds is 4. The molecule has 0 unspecified atom stereocenters. The summed E-state index contributed by atoms with van der Waals surface area (Å²) in [5, 5.41) is 3.28. The van der Waals surface area contributed by atoms with E-state index in [0.29, 0.717) is 0 Å². The molecular formula is C14H16N2. The van der Waals surface area contributed by atoms with Gasteiger partial charge in [-0.2, -0.15) is 0 Å². The molecule has 2 rings (SSSR count). The van der Waals surface area contributed by atoms with E-state index in [1.54, 1.807) is 0 Å². The Morgan fingerprint density at radius 2 is 2.12 bits per heavy atom. The molecule has 0 spiro atoms. The summed E-state index contributed by atoms with van der Waals surface area (Å²) in [6, 6.07) is 10.1. The molecule has 2 nitrogen and oxygen atoms in total. The highest BCUT2D eigenvalue weighted by molar-refractivity contribution is 5.99. The van der Waals surface area contributed by atoms with Crippen LogP contribution < -0.4 is 5.32 Å². The standard InChI is InChI=1S/C14H16N2/c1-11-8-14(15-10-11)9-12(2)16-13-6-4-3-5-7-13/h3-8,16H,2,9-10H2,1H3. The van der Waals surface area contributed by atoms with Crippen molar-refractivity contribution in [1.29, 1.82) is 0 Å². The molecule has 1 heterocycles. The first-order chi connectivity index (χ1) is 7.74. The number of anilines is 1. The van der Waals surface area contributed by atoms with Crippen LogP contribution in [0.15, 0.2) is 59.2 Å². The van der Waals surface area contributed by atoms with E-state index >= 15 is 0 Å². The number of allylic oxidation sites excluding steroid dienone is 2. The molecule has 0 saturated heterocycles. The van der Waals surface area contributed by atoms with Gasteiger partial charge in [0.25, 0.3) is 0 Å². The third-order valence-electron chi connectivity index (χ3n) is 2.43. The highest BCUT2D eigenvalue weighted by atomic mass is 14.9. The fourth-order valence-corrected chi connectivity index (χ4v) is 1.70. The number of hydrogen-bond acceptors (Lipinski definition) is 2. The Bertz CT molecular complexity index is 441. The van der Waals surface area contributed by atoms with E-state index < -0.39 is 0 Å². The SMILES string of the molecule is C=C(CC1=NCC(C)=C1)Nc1ccccc1. The van der Waals surface area contributed by atoms with Crippen molar-refractivity contribution in [1.82, 2.24) is 0 Å². The first kappa shape index (κ1) is 10.7. The Labute approximate surface area is 96.4 Å². The molecule has 0 bridgehead atoms. The molecule has 0 aromatic heterocycles. The van der Waals surface area contributed by atoms with E-state index in [-0.39, 0.29) is 0 Å². The summed E-state index contributed by atoms with van der Waals surface area (Å²) in [5.41, 5.74) is 4.50. The molecule has 0 radical (unpaired) electrons. The second-order valence-corrected chi connectivity index (χ2v) is 4.07. The lowest BCUT2D eigenvalue weighted by molar-refractivity contribution is 1.16. The van der Waals surface area contributed by atoms with Crippen LogP contribution >= 0.6 is 0 Å². The smallest absolute Gasteiger partial charge is 0.0604 e. The highest BCUT2D eigenvalue weighted by Gasteiger charge is 2.06. The van der Waals surface area contributed by atoms with Gasteiger partial charge in [-0.05, 0) is 25.1 Å². The predicted molar refractivity (Wildman–Crippen MR) is 69.9 cm³/mol. The number of para-hydroxylation sites is 1. The zero-order valence-electron chi connectivity index (χ0n) is 9.53. The van der Waals surface area contributed by atoms with Crippen LogP contribution in [0.2, 0.25) is 0 Å². The van der Waals surface area contributed by atoms with Crippen molar-refractivity contribution in [3.63, 3.8) is 0 Å². The summed E-state index contributed by atoms with van der Waals surface area (Å²) in [4.78, 5) is 4.42. The topological polar surface area (TPSA) is 24.4 Å². The monoisotopic (exact) mass is 212 g/mol. The largest absolute Gasteiger partial charge is 0.359 e. The van der Waals surface area contributed by atoms with Gasteiger partial charge < -0.3 is 5.32 Å². The first-order valence-corrected chi connectivity index (χ1v) is 5.44. The maximum atomic E-state index is 4.42. The zero-order chi connectivity index (χ0) is 11.4. The lowest BCUT2D eigenvalue weighted by Crippen LogP contribution is -2.02. The second-order valence-electron chi connectivity index (χ2n) is 4.07. The summed E-state index contributed by atoms with van der Waals surface area (Å²) in [6.45, 7) is 6.96. The zero-order valence-corrected chi connectivity index (χ0v) is 9.53. The van der Waals surface area contributed by atoms with Crippen LogP contribution in [-0.2, 0) is 0 Å². The molecule has 1 N–H and O–H groups in total. The van der Waals surface area contributed by atoms with Crippen molar-refractivity contribution in [2.75, 3.05) is 11.9 Å². The van der Waals surface area contributed by atoms with Crippen molar-refractivity contribution >= 4 is 11.4 Å². The predicted octanol–water partition coefficient (Wildman–Crippen LogP) is 3.40. The molecule has 0 amide bonds. The van der Waals surface area contributed by atoms with E-state index in [0.717, 1.165) is 30.1 Å². The number of aliphatic imine (C=N–C) groups is 1. The molecule has 0 saturated carbocycles. The van der Waals surface area contributed by atoms with E-state index in [1.807, 2.05) is 30.3 Å². The van der Waals surface area contributed by atoms with Crippen LogP contribution in [0.5, 0.6) is 0 Å². The van der Waals surface area contributed by atoms with E-state index in [2.05, 4.69) is 29.9 Å². The van der Waals surface area contributed by atoms with Gasteiger partial charge in [0.1, 0.15) is 0 Å². The molecule has 0 aliphatic carbocycles. The fourth-order valence-electron chi connectivity index (χ4n) is 1.70. The third kappa shape index (κ3) is 2.83. The van der Waals surface area contributed by atoms with Gasteiger partial charge in [-0.25, -0.2) is 0 Å². The van der Waals surface area contributed by atoms with Crippen LogP contribution in [0.25, 0.3) is 0 Å². The number of hydrogen-bond donors (Lipinski definition) is 1. The summed E-state index contributed by atoms with van der Waals surface area (Å²) in [7, 11) is 0. The van der Waals surface area contributed by atoms with Crippen molar-refractivity contribution in [2.45, 2.75) is 13.3 Å². The van der Waals surface area contributed by atoms with Crippen LogP contribution in [0.4, 0.5) is 5.69 Å². The molecule has 82 valence electrons. The Hall–Kier alpha value is -1.83. The van der Waals surface area contributed by atoms with E-state index in [9.17, 15) is 0 Å². The number of benzene rings is 1. The average molecular weight is 212 g/mol. The quantitative estimate of drug-likeness (QED) is 0.812. The van der Waals surface area contributed by atoms with Gasteiger partial charge in [0.05, 0.1) is 6.54 Å². The average Bonchev–Trinajstić information content (AvgIpc) is 2.65. The lowest BCUT2D eigenvalue weighted by Gasteiger charge is -2.08. The Kier molecular flexibility index (Phi) is 3.20. The molecule has 0 fully saturated rings. The summed E-state index contributed by atoms with van der Waals surface area (Å²) < 4.78 is 0. The van der Waals surface area contributed by atoms with Crippen LogP contribution in [0, 0.1) is 0 Å². The molecule has 1 aromatic carbocycles. The molecule has 1 aromatic rings. The highest BCUT2D eigenvalue weighted by Crippen LogP contribution is 2.14. The van der Waals surface area contributed by atoms with Gasteiger partial charge in [0, 0.05) is 23.5 Å². The van der Waals surface area contributed by atoms with Gasteiger partial charge in [-0.3, -0.25) is 4.99 Å². The normalized spacial score (nSPS) is 14.3. The Morgan fingerprint density at radius 1 is 1.38 bits per heavy atom. The van der Waals surface area contributed by atoms with Gasteiger partial charge >= 0.3 is 0 Å². The first-order valence-electron chi connectivity index (χ1n) is 5.44. The summed E-state index contributed by atoms with van der Waals surface area (Å²) in [6.07, 6.45) is 2.93. The molecule has 2 heteroatoms. The number of nitrogens with zero attached hydrogens (tertiary/aromatic N) is 1. The van der Waals surface area contributed by atoms with Crippen molar-refractivity contribution < 1.29 is 0 Å². The molecule has 1 aliphatic rings.